The predicted octanol–water partition coefficient (Wildman–Crippen LogP) is 4.52. The van der Waals surface area contributed by atoms with Crippen LogP contribution in [0.2, 0.25) is 5.02 Å². The topological polar surface area (TPSA) is 124 Å². The smallest absolute Gasteiger partial charge is 0.265 e. The summed E-state index contributed by atoms with van der Waals surface area (Å²) in [7, 11) is 0. The van der Waals surface area contributed by atoms with Crippen LogP contribution in [0.1, 0.15) is 18.1 Å². The number of amides is 1. The van der Waals surface area contributed by atoms with Crippen LogP contribution in [0.4, 0.5) is 17.3 Å². The molecule has 2 aromatic heterocycles. The fourth-order valence-electron chi connectivity index (χ4n) is 3.36. The highest BCUT2D eigenvalue weighted by atomic mass is 35.5. The number of rotatable bonds is 7. The van der Waals surface area contributed by atoms with Crippen molar-refractivity contribution in [2.45, 2.75) is 27.3 Å². The number of hydrogen-bond acceptors (Lipinski definition) is 7. The van der Waals surface area contributed by atoms with Crippen molar-refractivity contribution in [2.75, 3.05) is 22.9 Å². The van der Waals surface area contributed by atoms with Gasteiger partial charge >= 0.3 is 0 Å². The van der Waals surface area contributed by atoms with Gasteiger partial charge in [-0.15, -0.1) is 0 Å². The van der Waals surface area contributed by atoms with Crippen LogP contribution >= 0.6 is 11.6 Å². The molecule has 0 unspecified atom stereocenters. The third-order valence-electron chi connectivity index (χ3n) is 5.11. The molecule has 0 bridgehead atoms. The van der Waals surface area contributed by atoms with Crippen LogP contribution < -0.4 is 16.4 Å². The van der Waals surface area contributed by atoms with Gasteiger partial charge in [-0.2, -0.15) is 10.1 Å². The quantitative estimate of drug-likeness (QED) is 0.366. The molecule has 170 valence electrons. The highest BCUT2D eigenvalue weighted by Gasteiger charge is 2.24. The summed E-state index contributed by atoms with van der Waals surface area (Å²) in [5.74, 6) is 1.07. The fourth-order valence-corrected chi connectivity index (χ4v) is 3.54. The summed E-state index contributed by atoms with van der Waals surface area (Å²) in [5.41, 5.74) is 10.2. The standard InChI is InChI=1S/C23H24ClN7O2/c1-4-26-22-19(23-28-21(30-33-23)16-8-6-5-7-13(16)2)20(25)31(29-22)12-18(32)27-15-10-9-14(3)17(24)11-15/h5-11H,4,12,25H2,1-3H3,(H,26,29)(H,27,32). The number of benzene rings is 2. The monoisotopic (exact) mass is 465 g/mol. The van der Waals surface area contributed by atoms with Gasteiger partial charge < -0.3 is 20.9 Å². The molecule has 0 atom stereocenters. The number of carbonyl (C=O) groups excluding carboxylic acids is 1. The van der Waals surface area contributed by atoms with E-state index in [4.69, 9.17) is 21.9 Å². The van der Waals surface area contributed by atoms with Gasteiger partial charge in [0.25, 0.3) is 5.89 Å². The molecule has 2 heterocycles. The summed E-state index contributed by atoms with van der Waals surface area (Å²) >= 11 is 6.14. The minimum absolute atomic E-state index is 0.103. The molecule has 0 radical (unpaired) electrons. The van der Waals surface area contributed by atoms with E-state index >= 15 is 0 Å². The molecule has 0 saturated heterocycles. The number of nitrogens with zero attached hydrogens (tertiary/aromatic N) is 4. The number of hydrogen-bond donors (Lipinski definition) is 3. The Balaban J connectivity index is 1.61. The summed E-state index contributed by atoms with van der Waals surface area (Å²) in [6.07, 6.45) is 0. The SMILES string of the molecule is CCNc1nn(CC(=O)Nc2ccc(C)c(Cl)c2)c(N)c1-c1nc(-c2ccccc2C)no1. The molecule has 33 heavy (non-hydrogen) atoms. The van der Waals surface area contributed by atoms with Crippen LogP contribution in [-0.4, -0.2) is 32.4 Å². The molecule has 2 aromatic carbocycles. The van der Waals surface area contributed by atoms with Crippen LogP contribution in [0.5, 0.6) is 0 Å². The Morgan fingerprint density at radius 1 is 1.18 bits per heavy atom. The Kier molecular flexibility index (Phi) is 6.32. The summed E-state index contributed by atoms with van der Waals surface area (Å²) < 4.78 is 6.92. The van der Waals surface area contributed by atoms with E-state index in [0.717, 1.165) is 16.7 Å². The summed E-state index contributed by atoms with van der Waals surface area (Å²) in [5, 5.41) is 15.1. The minimum atomic E-state index is -0.301. The van der Waals surface area contributed by atoms with Gasteiger partial charge in [0.1, 0.15) is 17.9 Å². The lowest BCUT2D eigenvalue weighted by atomic mass is 10.1. The van der Waals surface area contributed by atoms with Gasteiger partial charge in [0.15, 0.2) is 5.82 Å². The van der Waals surface area contributed by atoms with Crippen molar-refractivity contribution >= 4 is 34.8 Å². The van der Waals surface area contributed by atoms with Crippen LogP contribution in [0.15, 0.2) is 47.0 Å². The van der Waals surface area contributed by atoms with Gasteiger partial charge in [0.05, 0.1) is 0 Å². The summed E-state index contributed by atoms with van der Waals surface area (Å²) in [6.45, 7) is 6.29. The molecule has 1 amide bonds. The van der Waals surface area contributed by atoms with Crippen molar-refractivity contribution in [3.63, 3.8) is 0 Å². The first-order chi connectivity index (χ1) is 15.9. The maximum atomic E-state index is 12.6. The molecule has 0 saturated carbocycles. The molecule has 0 fully saturated rings. The predicted molar refractivity (Wildman–Crippen MR) is 129 cm³/mol. The van der Waals surface area contributed by atoms with Crippen molar-refractivity contribution in [1.29, 1.82) is 0 Å². The van der Waals surface area contributed by atoms with E-state index in [1.54, 1.807) is 12.1 Å². The van der Waals surface area contributed by atoms with E-state index in [-0.39, 0.29) is 24.2 Å². The number of nitrogens with two attached hydrogens (primary N) is 1. The molecule has 4 rings (SSSR count). The van der Waals surface area contributed by atoms with Crippen molar-refractivity contribution in [1.82, 2.24) is 19.9 Å². The number of nitrogen functional groups attached to an aromatic ring is 1. The molecule has 0 spiro atoms. The number of aromatic nitrogens is 4. The van der Waals surface area contributed by atoms with Gasteiger partial charge in [-0.05, 0) is 44.0 Å². The maximum Gasteiger partial charge on any atom is 0.265 e. The Morgan fingerprint density at radius 3 is 2.70 bits per heavy atom. The van der Waals surface area contributed by atoms with Crippen LogP contribution in [-0.2, 0) is 11.3 Å². The highest BCUT2D eigenvalue weighted by Crippen LogP contribution is 2.34. The third-order valence-corrected chi connectivity index (χ3v) is 5.52. The molecule has 0 aliphatic carbocycles. The lowest BCUT2D eigenvalue weighted by Gasteiger charge is -2.08. The van der Waals surface area contributed by atoms with Crippen molar-refractivity contribution in [3.8, 4) is 22.8 Å². The van der Waals surface area contributed by atoms with E-state index in [1.165, 1.54) is 4.68 Å². The number of halogens is 1. The summed E-state index contributed by atoms with van der Waals surface area (Å²) in [4.78, 5) is 17.2. The van der Waals surface area contributed by atoms with Crippen LogP contribution in [0, 0.1) is 13.8 Å². The lowest BCUT2D eigenvalue weighted by molar-refractivity contribution is -0.116. The van der Waals surface area contributed by atoms with Gasteiger partial charge in [0, 0.05) is 22.8 Å². The Bertz CT molecular complexity index is 1310. The molecule has 9 nitrogen and oxygen atoms in total. The largest absolute Gasteiger partial charge is 0.383 e. The molecule has 0 aliphatic rings. The molecular weight excluding hydrogens is 442 g/mol. The molecule has 4 N–H and O–H groups in total. The van der Waals surface area contributed by atoms with Crippen molar-refractivity contribution in [2.24, 2.45) is 0 Å². The lowest BCUT2D eigenvalue weighted by Crippen LogP contribution is -2.20. The Morgan fingerprint density at radius 2 is 1.97 bits per heavy atom. The number of nitrogens with one attached hydrogen (secondary N) is 2. The molecule has 10 heteroatoms. The van der Waals surface area contributed by atoms with Gasteiger partial charge in [-0.25, -0.2) is 4.68 Å². The zero-order chi connectivity index (χ0) is 23.5. The first kappa shape index (κ1) is 22.3. The number of carbonyl (C=O) groups is 1. The minimum Gasteiger partial charge on any atom is -0.383 e. The zero-order valence-corrected chi connectivity index (χ0v) is 19.3. The second-order valence-corrected chi connectivity index (χ2v) is 7.95. The Hall–Kier alpha value is -3.85. The fraction of sp³-hybridized carbons (Fsp3) is 0.217. The average Bonchev–Trinajstić information content (AvgIpc) is 3.36. The normalized spacial score (nSPS) is 10.9. The molecular formula is C23H24ClN7O2. The average molecular weight is 466 g/mol. The highest BCUT2D eigenvalue weighted by molar-refractivity contribution is 6.31. The van der Waals surface area contributed by atoms with Gasteiger partial charge in [0.2, 0.25) is 11.7 Å². The van der Waals surface area contributed by atoms with Crippen molar-refractivity contribution in [3.05, 3.63) is 58.6 Å². The van der Waals surface area contributed by atoms with Crippen molar-refractivity contribution < 1.29 is 9.32 Å². The third kappa shape index (κ3) is 4.68. The van der Waals surface area contributed by atoms with Gasteiger partial charge in [-0.1, -0.05) is 47.1 Å². The van der Waals surface area contributed by atoms with Crippen LogP contribution in [0.25, 0.3) is 22.8 Å². The summed E-state index contributed by atoms with van der Waals surface area (Å²) in [6, 6.07) is 13.1. The van der Waals surface area contributed by atoms with E-state index < -0.39 is 0 Å². The number of anilines is 3. The second-order valence-electron chi connectivity index (χ2n) is 7.55. The molecule has 0 aliphatic heterocycles. The van der Waals surface area contributed by atoms with E-state index in [1.807, 2.05) is 51.1 Å². The number of aryl methyl sites for hydroxylation is 2. The first-order valence-electron chi connectivity index (χ1n) is 10.4. The Labute approximate surface area is 195 Å². The van der Waals surface area contributed by atoms with E-state index in [0.29, 0.717) is 34.5 Å². The van der Waals surface area contributed by atoms with Crippen LogP contribution in [0.3, 0.4) is 0 Å². The second kappa shape index (κ2) is 9.33. The maximum absolute atomic E-state index is 12.6. The van der Waals surface area contributed by atoms with E-state index in [9.17, 15) is 4.79 Å². The van der Waals surface area contributed by atoms with Gasteiger partial charge in [-0.3, -0.25) is 4.79 Å². The first-order valence-corrected chi connectivity index (χ1v) is 10.8. The zero-order valence-electron chi connectivity index (χ0n) is 18.5. The molecule has 4 aromatic rings. The van der Waals surface area contributed by atoms with E-state index in [2.05, 4.69) is 25.9 Å².